The van der Waals surface area contributed by atoms with Crippen molar-refractivity contribution < 1.29 is 17.5 Å². The average Bonchev–Trinajstić information content (AvgIpc) is 2.91. The molecular formula is C13H16Cl2FNO3S. The zero-order valence-corrected chi connectivity index (χ0v) is 13.8. The Balaban J connectivity index is 2.30. The number of alkyl halides is 1. The maximum absolute atomic E-state index is 13.7. The second-order valence-corrected chi connectivity index (χ2v) is 7.57. The van der Waals surface area contributed by atoms with Gasteiger partial charge in [-0.3, -0.25) is 0 Å². The molecule has 1 fully saturated rings. The minimum Gasteiger partial charge on any atom is -0.384 e. The van der Waals surface area contributed by atoms with Crippen molar-refractivity contribution in [1.82, 2.24) is 4.31 Å². The molecule has 2 rings (SSSR count). The Kier molecular flexibility index (Phi) is 5.48. The van der Waals surface area contributed by atoms with Gasteiger partial charge in [-0.1, -0.05) is 11.6 Å². The van der Waals surface area contributed by atoms with Crippen molar-refractivity contribution in [3.8, 4) is 0 Å². The van der Waals surface area contributed by atoms with Crippen molar-refractivity contribution in [2.75, 3.05) is 26.8 Å². The van der Waals surface area contributed by atoms with E-state index in [-0.39, 0.29) is 27.3 Å². The van der Waals surface area contributed by atoms with E-state index in [0.29, 0.717) is 19.7 Å². The van der Waals surface area contributed by atoms with Gasteiger partial charge in [0.1, 0.15) is 5.82 Å². The maximum Gasteiger partial charge on any atom is 0.243 e. The summed E-state index contributed by atoms with van der Waals surface area (Å²) in [6.45, 7) is 1.28. The highest BCUT2D eigenvalue weighted by molar-refractivity contribution is 7.89. The van der Waals surface area contributed by atoms with Gasteiger partial charge in [0.05, 0.1) is 16.5 Å². The molecule has 0 N–H and O–H groups in total. The molecular weight excluding hydrogens is 340 g/mol. The zero-order chi connectivity index (χ0) is 15.6. The highest BCUT2D eigenvalue weighted by Crippen LogP contribution is 2.29. The molecule has 0 bridgehead atoms. The molecule has 0 amide bonds. The molecule has 4 nitrogen and oxygen atoms in total. The zero-order valence-electron chi connectivity index (χ0n) is 11.5. The molecule has 8 heteroatoms. The number of sulfonamides is 1. The van der Waals surface area contributed by atoms with Gasteiger partial charge >= 0.3 is 0 Å². The lowest BCUT2D eigenvalue weighted by molar-refractivity contribution is 0.157. The first-order chi connectivity index (χ1) is 9.90. The number of ether oxygens (including phenoxy) is 1. The van der Waals surface area contributed by atoms with Crippen LogP contribution in [0.15, 0.2) is 17.0 Å². The normalized spacial score (nSPS) is 20.1. The van der Waals surface area contributed by atoms with Crippen LogP contribution in [0.25, 0.3) is 0 Å². The quantitative estimate of drug-likeness (QED) is 0.763. The Morgan fingerprint density at radius 1 is 1.48 bits per heavy atom. The van der Waals surface area contributed by atoms with Crippen LogP contribution in [-0.2, 0) is 20.6 Å². The summed E-state index contributed by atoms with van der Waals surface area (Å²) in [6, 6.07) is 2.27. The number of rotatable bonds is 5. The minimum atomic E-state index is -3.74. The lowest BCUT2D eigenvalue weighted by Crippen LogP contribution is -2.29. The molecule has 1 aliphatic rings. The van der Waals surface area contributed by atoms with Crippen LogP contribution < -0.4 is 0 Å². The molecule has 1 heterocycles. The molecule has 0 aliphatic carbocycles. The van der Waals surface area contributed by atoms with E-state index < -0.39 is 15.8 Å². The molecule has 1 atom stereocenters. The molecule has 0 saturated carbocycles. The summed E-state index contributed by atoms with van der Waals surface area (Å²) in [4.78, 5) is -0.113. The van der Waals surface area contributed by atoms with E-state index in [1.165, 1.54) is 10.4 Å². The molecule has 21 heavy (non-hydrogen) atoms. The van der Waals surface area contributed by atoms with E-state index >= 15 is 0 Å². The van der Waals surface area contributed by atoms with Gasteiger partial charge < -0.3 is 4.74 Å². The Morgan fingerprint density at radius 2 is 2.19 bits per heavy atom. The summed E-state index contributed by atoms with van der Waals surface area (Å²) in [5, 5.41) is -0.136. The number of benzene rings is 1. The van der Waals surface area contributed by atoms with Gasteiger partial charge in [0.15, 0.2) is 0 Å². The minimum absolute atomic E-state index is 0.0502. The van der Waals surface area contributed by atoms with Crippen molar-refractivity contribution in [3.05, 3.63) is 28.5 Å². The standard InChI is InChI=1S/C13H16Cl2FNO3S/c1-20-8-9-2-3-17(7-9)21(18,19)11-4-10(6-14)13(15)12(16)5-11/h4-5,9H,2-3,6-8H2,1H3. The van der Waals surface area contributed by atoms with Crippen molar-refractivity contribution in [3.63, 3.8) is 0 Å². The Morgan fingerprint density at radius 3 is 2.81 bits per heavy atom. The fourth-order valence-corrected chi connectivity index (χ4v) is 4.45. The molecule has 0 radical (unpaired) electrons. The lowest BCUT2D eigenvalue weighted by atomic mass is 10.1. The molecule has 1 aromatic rings. The van der Waals surface area contributed by atoms with Gasteiger partial charge in [0.25, 0.3) is 0 Å². The molecule has 0 spiro atoms. The molecule has 1 saturated heterocycles. The first kappa shape index (κ1) is 17.0. The predicted octanol–water partition coefficient (Wildman–Crippen LogP) is 2.87. The molecule has 1 unspecified atom stereocenters. The van der Waals surface area contributed by atoms with E-state index in [2.05, 4.69) is 0 Å². The Hall–Kier alpha value is -0.400. The second-order valence-electron chi connectivity index (χ2n) is 4.98. The van der Waals surface area contributed by atoms with Crippen molar-refractivity contribution in [1.29, 1.82) is 0 Å². The van der Waals surface area contributed by atoms with Crippen LogP contribution in [0.5, 0.6) is 0 Å². The fraction of sp³-hybridized carbons (Fsp3) is 0.538. The van der Waals surface area contributed by atoms with Gasteiger partial charge in [-0.05, 0) is 30.0 Å². The van der Waals surface area contributed by atoms with Crippen LogP contribution in [0.3, 0.4) is 0 Å². The van der Waals surface area contributed by atoms with Crippen molar-refractivity contribution >= 4 is 33.2 Å². The third-order valence-electron chi connectivity index (χ3n) is 3.51. The Labute approximate surface area is 133 Å². The summed E-state index contributed by atoms with van der Waals surface area (Å²) in [5.74, 6) is -0.666. The second kappa shape index (κ2) is 6.79. The van der Waals surface area contributed by atoms with Crippen molar-refractivity contribution in [2.45, 2.75) is 17.2 Å². The van der Waals surface area contributed by atoms with Crippen LogP contribution in [0, 0.1) is 11.7 Å². The first-order valence-electron chi connectivity index (χ1n) is 6.43. The smallest absolute Gasteiger partial charge is 0.243 e. The number of hydrogen-bond donors (Lipinski definition) is 0. The number of nitrogens with zero attached hydrogens (tertiary/aromatic N) is 1. The molecule has 1 aromatic carbocycles. The van der Waals surface area contributed by atoms with Crippen LogP contribution >= 0.6 is 23.2 Å². The number of methoxy groups -OCH3 is 1. The molecule has 0 aromatic heterocycles. The van der Waals surface area contributed by atoms with E-state index in [9.17, 15) is 12.8 Å². The van der Waals surface area contributed by atoms with Crippen LogP contribution in [0.1, 0.15) is 12.0 Å². The van der Waals surface area contributed by atoms with E-state index in [1.54, 1.807) is 7.11 Å². The first-order valence-corrected chi connectivity index (χ1v) is 8.78. The topological polar surface area (TPSA) is 46.6 Å². The lowest BCUT2D eigenvalue weighted by Gasteiger charge is -2.17. The van der Waals surface area contributed by atoms with Gasteiger partial charge in [0, 0.05) is 26.1 Å². The average molecular weight is 356 g/mol. The molecule has 118 valence electrons. The summed E-state index contributed by atoms with van der Waals surface area (Å²) in [6.07, 6.45) is 0.728. The summed E-state index contributed by atoms with van der Waals surface area (Å²) in [7, 11) is -2.16. The van der Waals surface area contributed by atoms with Crippen LogP contribution in [0.2, 0.25) is 5.02 Å². The third kappa shape index (κ3) is 3.51. The van der Waals surface area contributed by atoms with E-state index in [0.717, 1.165) is 12.5 Å². The monoisotopic (exact) mass is 355 g/mol. The summed E-state index contributed by atoms with van der Waals surface area (Å²) in [5.41, 5.74) is 0.268. The van der Waals surface area contributed by atoms with Crippen LogP contribution in [-0.4, -0.2) is 39.5 Å². The third-order valence-corrected chi connectivity index (χ3v) is 6.06. The van der Waals surface area contributed by atoms with Gasteiger partial charge in [-0.15, -0.1) is 11.6 Å². The predicted molar refractivity (Wildman–Crippen MR) is 79.7 cm³/mol. The van der Waals surface area contributed by atoms with Gasteiger partial charge in [-0.25, -0.2) is 12.8 Å². The highest BCUT2D eigenvalue weighted by Gasteiger charge is 2.33. The Bertz CT molecular complexity index is 624. The van der Waals surface area contributed by atoms with E-state index in [1.807, 2.05) is 0 Å². The van der Waals surface area contributed by atoms with Crippen LogP contribution in [0.4, 0.5) is 4.39 Å². The molecule has 1 aliphatic heterocycles. The maximum atomic E-state index is 13.7. The summed E-state index contributed by atoms with van der Waals surface area (Å²) < 4.78 is 45.2. The number of hydrogen-bond acceptors (Lipinski definition) is 3. The van der Waals surface area contributed by atoms with Gasteiger partial charge in [0.2, 0.25) is 10.0 Å². The van der Waals surface area contributed by atoms with Gasteiger partial charge in [-0.2, -0.15) is 4.31 Å². The van der Waals surface area contributed by atoms with Crippen molar-refractivity contribution in [2.24, 2.45) is 5.92 Å². The fourth-order valence-electron chi connectivity index (χ4n) is 2.40. The highest BCUT2D eigenvalue weighted by atomic mass is 35.5. The largest absolute Gasteiger partial charge is 0.384 e. The van der Waals surface area contributed by atoms with E-state index in [4.69, 9.17) is 27.9 Å². The number of halogens is 3. The summed E-state index contributed by atoms with van der Waals surface area (Å²) >= 11 is 11.4. The SMILES string of the molecule is COCC1CCN(S(=O)(=O)c2cc(F)c(Cl)c(CCl)c2)C1.